The maximum atomic E-state index is 12.6. The Kier molecular flexibility index (Phi) is 3.98. The average molecular weight is 300 g/mol. The van der Waals surface area contributed by atoms with Crippen LogP contribution in [-0.4, -0.2) is 5.91 Å². The van der Waals surface area contributed by atoms with Crippen molar-refractivity contribution < 1.29 is 4.79 Å². The molecular formula is C18H18ClNO. The molecule has 0 aromatic heterocycles. The summed E-state index contributed by atoms with van der Waals surface area (Å²) in [4.78, 5) is 12.6. The monoisotopic (exact) mass is 299 g/mol. The minimum absolute atomic E-state index is 0.0351. The highest BCUT2D eigenvalue weighted by Crippen LogP contribution is 2.33. The minimum atomic E-state index is -0.0766. The molecule has 0 aliphatic heterocycles. The first-order chi connectivity index (χ1) is 10.1. The molecule has 0 spiro atoms. The van der Waals surface area contributed by atoms with Crippen LogP contribution in [0.25, 0.3) is 0 Å². The SMILES string of the molecule is Cc1ccc(NC(=O)C2CCCc3ccccc32)c(Cl)c1. The van der Waals surface area contributed by atoms with E-state index >= 15 is 0 Å². The second-order valence-corrected chi connectivity index (χ2v) is 6.02. The number of halogens is 1. The van der Waals surface area contributed by atoms with Crippen molar-refractivity contribution in [2.45, 2.75) is 32.1 Å². The van der Waals surface area contributed by atoms with E-state index < -0.39 is 0 Å². The maximum Gasteiger partial charge on any atom is 0.231 e. The van der Waals surface area contributed by atoms with Gasteiger partial charge in [-0.2, -0.15) is 0 Å². The van der Waals surface area contributed by atoms with Gasteiger partial charge in [-0.1, -0.05) is 41.9 Å². The molecule has 0 fully saturated rings. The molecule has 1 aliphatic rings. The summed E-state index contributed by atoms with van der Waals surface area (Å²) in [5.41, 5.74) is 4.22. The van der Waals surface area contributed by atoms with Crippen LogP contribution in [0.1, 0.15) is 35.4 Å². The van der Waals surface area contributed by atoms with Gasteiger partial charge in [0, 0.05) is 0 Å². The van der Waals surface area contributed by atoms with E-state index in [9.17, 15) is 4.79 Å². The Hall–Kier alpha value is -1.80. The number of aryl methyl sites for hydroxylation is 2. The van der Waals surface area contributed by atoms with Crippen molar-refractivity contribution in [1.29, 1.82) is 0 Å². The van der Waals surface area contributed by atoms with Crippen LogP contribution in [-0.2, 0) is 11.2 Å². The third-order valence-electron chi connectivity index (χ3n) is 4.07. The number of amides is 1. The molecule has 0 saturated heterocycles. The molecule has 2 nitrogen and oxygen atoms in total. The number of rotatable bonds is 2. The summed E-state index contributed by atoms with van der Waals surface area (Å²) >= 11 is 6.20. The lowest BCUT2D eigenvalue weighted by atomic mass is 9.82. The fraction of sp³-hybridized carbons (Fsp3) is 0.278. The Morgan fingerprint density at radius 3 is 2.86 bits per heavy atom. The quantitative estimate of drug-likeness (QED) is 0.855. The van der Waals surface area contributed by atoms with Gasteiger partial charge in [-0.15, -0.1) is 0 Å². The second-order valence-electron chi connectivity index (χ2n) is 5.62. The zero-order valence-corrected chi connectivity index (χ0v) is 12.8. The van der Waals surface area contributed by atoms with Crippen molar-refractivity contribution >= 4 is 23.2 Å². The molecule has 0 radical (unpaired) electrons. The lowest BCUT2D eigenvalue weighted by Crippen LogP contribution is -2.24. The van der Waals surface area contributed by atoms with Gasteiger partial charge >= 0.3 is 0 Å². The standard InChI is InChI=1S/C18H18ClNO/c1-12-9-10-17(16(19)11-12)20-18(21)15-8-4-6-13-5-2-3-7-14(13)15/h2-3,5,7,9-11,15H,4,6,8H2,1H3,(H,20,21). The molecule has 1 N–H and O–H groups in total. The van der Waals surface area contributed by atoms with Crippen molar-refractivity contribution in [2.75, 3.05) is 5.32 Å². The summed E-state index contributed by atoms with van der Waals surface area (Å²) in [6.07, 6.45) is 3.01. The van der Waals surface area contributed by atoms with Crippen molar-refractivity contribution in [3.63, 3.8) is 0 Å². The van der Waals surface area contributed by atoms with Crippen LogP contribution in [0, 0.1) is 6.92 Å². The van der Waals surface area contributed by atoms with E-state index in [4.69, 9.17) is 11.6 Å². The zero-order valence-electron chi connectivity index (χ0n) is 12.0. The van der Waals surface area contributed by atoms with Crippen LogP contribution in [0.3, 0.4) is 0 Å². The molecule has 2 aromatic rings. The van der Waals surface area contributed by atoms with E-state index in [0.717, 1.165) is 30.4 Å². The summed E-state index contributed by atoms with van der Waals surface area (Å²) < 4.78 is 0. The largest absolute Gasteiger partial charge is 0.324 e. The van der Waals surface area contributed by atoms with Gasteiger partial charge < -0.3 is 5.32 Å². The highest BCUT2D eigenvalue weighted by Gasteiger charge is 2.26. The third-order valence-corrected chi connectivity index (χ3v) is 4.38. The fourth-order valence-electron chi connectivity index (χ4n) is 2.97. The first kappa shape index (κ1) is 14.2. The van der Waals surface area contributed by atoms with Crippen LogP contribution in [0.2, 0.25) is 5.02 Å². The number of hydrogen-bond donors (Lipinski definition) is 1. The Morgan fingerprint density at radius 2 is 2.05 bits per heavy atom. The Bertz CT molecular complexity index is 681. The third kappa shape index (κ3) is 2.96. The normalized spacial score (nSPS) is 17.1. The molecule has 1 atom stereocenters. The number of benzene rings is 2. The first-order valence-corrected chi connectivity index (χ1v) is 7.68. The number of carbonyl (C=O) groups excluding carboxylic acids is 1. The van der Waals surface area contributed by atoms with Crippen LogP contribution in [0.4, 0.5) is 5.69 Å². The highest BCUT2D eigenvalue weighted by molar-refractivity contribution is 6.33. The van der Waals surface area contributed by atoms with E-state index in [0.29, 0.717) is 10.7 Å². The molecule has 108 valence electrons. The van der Waals surface area contributed by atoms with E-state index in [2.05, 4.69) is 17.4 Å². The van der Waals surface area contributed by atoms with Crippen molar-refractivity contribution in [2.24, 2.45) is 0 Å². The molecule has 0 heterocycles. The van der Waals surface area contributed by atoms with Gasteiger partial charge in [-0.05, 0) is 55.0 Å². The molecule has 3 rings (SSSR count). The molecule has 3 heteroatoms. The van der Waals surface area contributed by atoms with Crippen LogP contribution in [0.15, 0.2) is 42.5 Å². The molecule has 1 unspecified atom stereocenters. The van der Waals surface area contributed by atoms with E-state index in [1.54, 1.807) is 0 Å². The Morgan fingerprint density at radius 1 is 1.24 bits per heavy atom. The van der Waals surface area contributed by atoms with E-state index in [1.807, 2.05) is 37.3 Å². The first-order valence-electron chi connectivity index (χ1n) is 7.30. The number of anilines is 1. The van der Waals surface area contributed by atoms with Crippen molar-refractivity contribution in [3.8, 4) is 0 Å². The topological polar surface area (TPSA) is 29.1 Å². The molecule has 21 heavy (non-hydrogen) atoms. The molecule has 1 amide bonds. The number of hydrogen-bond acceptors (Lipinski definition) is 1. The molecular weight excluding hydrogens is 282 g/mol. The fourth-order valence-corrected chi connectivity index (χ4v) is 3.25. The summed E-state index contributed by atoms with van der Waals surface area (Å²) in [5, 5.41) is 3.57. The van der Waals surface area contributed by atoms with Gasteiger partial charge in [-0.3, -0.25) is 4.79 Å². The minimum Gasteiger partial charge on any atom is -0.324 e. The van der Waals surface area contributed by atoms with Crippen molar-refractivity contribution in [3.05, 3.63) is 64.2 Å². The van der Waals surface area contributed by atoms with Gasteiger partial charge in [0.15, 0.2) is 0 Å². The van der Waals surface area contributed by atoms with Gasteiger partial charge in [0.2, 0.25) is 5.91 Å². The Balaban J connectivity index is 1.83. The summed E-state index contributed by atoms with van der Waals surface area (Å²) in [6, 6.07) is 13.9. The number of fused-ring (bicyclic) bond motifs is 1. The summed E-state index contributed by atoms with van der Waals surface area (Å²) in [5.74, 6) is -0.0415. The van der Waals surface area contributed by atoms with Gasteiger partial charge in [0.1, 0.15) is 0 Å². The molecule has 0 bridgehead atoms. The zero-order chi connectivity index (χ0) is 14.8. The second kappa shape index (κ2) is 5.90. The van der Waals surface area contributed by atoms with Crippen LogP contribution in [0.5, 0.6) is 0 Å². The lowest BCUT2D eigenvalue weighted by molar-refractivity contribution is -0.117. The van der Waals surface area contributed by atoms with Crippen LogP contribution >= 0.6 is 11.6 Å². The highest BCUT2D eigenvalue weighted by atomic mass is 35.5. The Labute approximate surface area is 130 Å². The maximum absolute atomic E-state index is 12.6. The number of carbonyl (C=O) groups is 1. The van der Waals surface area contributed by atoms with E-state index in [-0.39, 0.29) is 11.8 Å². The van der Waals surface area contributed by atoms with Gasteiger partial charge in [0.25, 0.3) is 0 Å². The molecule has 0 saturated carbocycles. The number of nitrogens with one attached hydrogen (secondary N) is 1. The van der Waals surface area contributed by atoms with Gasteiger partial charge in [-0.25, -0.2) is 0 Å². The molecule has 2 aromatic carbocycles. The molecule has 1 aliphatic carbocycles. The summed E-state index contributed by atoms with van der Waals surface area (Å²) in [6.45, 7) is 1.98. The predicted molar refractivity (Wildman–Crippen MR) is 86.9 cm³/mol. The van der Waals surface area contributed by atoms with Crippen LogP contribution < -0.4 is 5.32 Å². The predicted octanol–water partition coefficient (Wildman–Crippen LogP) is 4.71. The van der Waals surface area contributed by atoms with E-state index in [1.165, 1.54) is 5.56 Å². The van der Waals surface area contributed by atoms with Gasteiger partial charge in [0.05, 0.1) is 16.6 Å². The van der Waals surface area contributed by atoms with Crippen molar-refractivity contribution in [1.82, 2.24) is 0 Å². The smallest absolute Gasteiger partial charge is 0.231 e. The average Bonchev–Trinajstić information content (AvgIpc) is 2.49. The summed E-state index contributed by atoms with van der Waals surface area (Å²) in [7, 11) is 0. The lowest BCUT2D eigenvalue weighted by Gasteiger charge is -2.24.